The molecule has 0 aliphatic heterocycles. The third-order valence-corrected chi connectivity index (χ3v) is 3.13. The Balaban J connectivity index is 2.73. The number of hydrogen-bond donors (Lipinski definition) is 1. The van der Waals surface area contributed by atoms with Gasteiger partial charge >= 0.3 is 6.01 Å². The summed E-state index contributed by atoms with van der Waals surface area (Å²) >= 11 is 1.62. The van der Waals surface area contributed by atoms with E-state index in [0.717, 1.165) is 18.7 Å². The van der Waals surface area contributed by atoms with Gasteiger partial charge in [-0.25, -0.2) is 0 Å². The Kier molecular flexibility index (Phi) is 6.04. The van der Waals surface area contributed by atoms with Crippen LogP contribution < -0.4 is 10.1 Å². The number of rotatable bonds is 7. The fraction of sp³-hybridized carbons (Fsp3) is 0.727. The molecule has 0 unspecified atom stereocenters. The largest absolute Gasteiger partial charge is 0.467 e. The zero-order valence-electron chi connectivity index (χ0n) is 10.9. The smallest absolute Gasteiger partial charge is 0.321 e. The molecule has 0 spiro atoms. The lowest BCUT2D eigenvalue weighted by atomic mass is 10.3. The van der Waals surface area contributed by atoms with Crippen LogP contribution in [-0.4, -0.2) is 34.4 Å². The molecule has 96 valence electrons. The summed E-state index contributed by atoms with van der Waals surface area (Å²) in [6.07, 6.45) is 1.03. The fourth-order valence-electron chi connectivity index (χ4n) is 1.05. The van der Waals surface area contributed by atoms with E-state index in [1.54, 1.807) is 18.9 Å². The summed E-state index contributed by atoms with van der Waals surface area (Å²) in [5, 5.41) is 3.85. The van der Waals surface area contributed by atoms with Crippen LogP contribution in [0.5, 0.6) is 6.01 Å². The maximum atomic E-state index is 5.07. The van der Waals surface area contributed by atoms with E-state index in [1.807, 2.05) is 0 Å². The minimum atomic E-state index is 0.366. The van der Waals surface area contributed by atoms with Crippen molar-refractivity contribution in [2.45, 2.75) is 32.3 Å². The second-order valence-electron chi connectivity index (χ2n) is 4.06. The molecule has 0 aromatic carbocycles. The minimum absolute atomic E-state index is 0.366. The number of thioether (sulfide) groups is 1. The Bertz CT molecular complexity index is 346. The first-order valence-electron chi connectivity index (χ1n) is 5.82. The van der Waals surface area contributed by atoms with E-state index in [2.05, 4.69) is 41.0 Å². The Morgan fingerprint density at radius 1 is 1.29 bits per heavy atom. The standard InChI is InChI=1S/C11H20N4OS/c1-5-6-12-9-13-10(16-4)15-11(14-9)17-7-8(2)3/h8H,5-7H2,1-4H3,(H,12,13,14,15). The molecule has 0 radical (unpaired) electrons. The van der Waals surface area contributed by atoms with Crippen molar-refractivity contribution < 1.29 is 4.74 Å². The molecule has 1 N–H and O–H groups in total. The molecule has 0 fully saturated rings. The van der Waals surface area contributed by atoms with E-state index < -0.39 is 0 Å². The van der Waals surface area contributed by atoms with Crippen LogP contribution in [0.1, 0.15) is 27.2 Å². The summed E-state index contributed by atoms with van der Waals surface area (Å²) in [4.78, 5) is 12.7. The van der Waals surface area contributed by atoms with Crippen LogP contribution in [0.2, 0.25) is 0 Å². The van der Waals surface area contributed by atoms with Crippen molar-refractivity contribution >= 4 is 17.7 Å². The van der Waals surface area contributed by atoms with Gasteiger partial charge in [-0.15, -0.1) is 0 Å². The van der Waals surface area contributed by atoms with Gasteiger partial charge in [-0.2, -0.15) is 15.0 Å². The summed E-state index contributed by atoms with van der Waals surface area (Å²) in [5.41, 5.74) is 0. The highest BCUT2D eigenvalue weighted by molar-refractivity contribution is 7.99. The quantitative estimate of drug-likeness (QED) is 0.756. The summed E-state index contributed by atoms with van der Waals surface area (Å²) in [6.45, 7) is 7.28. The Morgan fingerprint density at radius 2 is 2.06 bits per heavy atom. The van der Waals surface area contributed by atoms with Crippen LogP contribution in [0.4, 0.5) is 5.95 Å². The predicted molar refractivity (Wildman–Crippen MR) is 70.7 cm³/mol. The van der Waals surface area contributed by atoms with E-state index in [4.69, 9.17) is 4.74 Å². The number of nitrogens with one attached hydrogen (secondary N) is 1. The Labute approximate surface area is 107 Å². The summed E-state index contributed by atoms with van der Waals surface area (Å²) < 4.78 is 5.07. The van der Waals surface area contributed by atoms with Gasteiger partial charge in [-0.1, -0.05) is 32.5 Å². The highest BCUT2D eigenvalue weighted by Crippen LogP contribution is 2.19. The molecule has 0 saturated heterocycles. The van der Waals surface area contributed by atoms with Crippen LogP contribution in [0.25, 0.3) is 0 Å². The number of ether oxygens (including phenoxy) is 1. The van der Waals surface area contributed by atoms with Gasteiger partial charge in [0.1, 0.15) is 0 Å². The summed E-state index contributed by atoms with van der Waals surface area (Å²) in [5.74, 6) is 2.18. The summed E-state index contributed by atoms with van der Waals surface area (Å²) in [6, 6.07) is 0.366. The molecule has 0 aliphatic carbocycles. The van der Waals surface area contributed by atoms with Crippen LogP contribution in [0, 0.1) is 5.92 Å². The van der Waals surface area contributed by atoms with Gasteiger partial charge in [0.2, 0.25) is 5.95 Å². The van der Waals surface area contributed by atoms with E-state index >= 15 is 0 Å². The first kappa shape index (κ1) is 14.0. The zero-order valence-corrected chi connectivity index (χ0v) is 11.7. The molecule has 0 bridgehead atoms. The van der Waals surface area contributed by atoms with Crippen molar-refractivity contribution in [3.05, 3.63) is 0 Å². The van der Waals surface area contributed by atoms with E-state index in [-0.39, 0.29) is 0 Å². The molecule has 5 nitrogen and oxygen atoms in total. The lowest BCUT2D eigenvalue weighted by Gasteiger charge is -2.07. The van der Waals surface area contributed by atoms with Crippen LogP contribution in [0.15, 0.2) is 5.16 Å². The lowest BCUT2D eigenvalue weighted by molar-refractivity contribution is 0.373. The van der Waals surface area contributed by atoms with E-state index in [1.165, 1.54) is 0 Å². The SMILES string of the molecule is CCCNc1nc(OC)nc(SCC(C)C)n1. The maximum absolute atomic E-state index is 5.07. The number of hydrogen-bond acceptors (Lipinski definition) is 6. The second-order valence-corrected chi connectivity index (χ2v) is 5.05. The van der Waals surface area contributed by atoms with Crippen LogP contribution in [0.3, 0.4) is 0 Å². The monoisotopic (exact) mass is 256 g/mol. The third kappa shape index (κ3) is 5.21. The third-order valence-electron chi connectivity index (χ3n) is 1.86. The molecule has 1 heterocycles. The van der Waals surface area contributed by atoms with Crippen LogP contribution in [-0.2, 0) is 0 Å². The molecule has 1 aromatic heterocycles. The zero-order chi connectivity index (χ0) is 12.7. The Hall–Kier alpha value is -1.04. The second kappa shape index (κ2) is 7.32. The molecule has 17 heavy (non-hydrogen) atoms. The fourth-order valence-corrected chi connectivity index (χ4v) is 1.83. The van der Waals surface area contributed by atoms with Crippen LogP contribution >= 0.6 is 11.8 Å². The van der Waals surface area contributed by atoms with E-state index in [9.17, 15) is 0 Å². The van der Waals surface area contributed by atoms with Gasteiger partial charge < -0.3 is 10.1 Å². The molecule has 0 aliphatic rings. The van der Waals surface area contributed by atoms with Gasteiger partial charge in [-0.05, 0) is 12.3 Å². The van der Waals surface area contributed by atoms with Crippen molar-refractivity contribution in [2.24, 2.45) is 5.92 Å². The molecule has 1 aromatic rings. The highest BCUT2D eigenvalue weighted by atomic mass is 32.2. The van der Waals surface area contributed by atoms with Crippen molar-refractivity contribution in [1.29, 1.82) is 0 Å². The van der Waals surface area contributed by atoms with Crippen molar-refractivity contribution in [1.82, 2.24) is 15.0 Å². The minimum Gasteiger partial charge on any atom is -0.467 e. The lowest BCUT2D eigenvalue weighted by Crippen LogP contribution is -2.07. The average Bonchev–Trinajstić information content (AvgIpc) is 2.33. The molecule has 0 saturated carbocycles. The highest BCUT2D eigenvalue weighted by Gasteiger charge is 2.07. The van der Waals surface area contributed by atoms with Crippen molar-refractivity contribution in [3.8, 4) is 6.01 Å². The summed E-state index contributed by atoms with van der Waals surface area (Å²) in [7, 11) is 1.57. The topological polar surface area (TPSA) is 59.9 Å². The van der Waals surface area contributed by atoms with E-state index in [0.29, 0.717) is 23.0 Å². The molecule has 6 heteroatoms. The van der Waals surface area contributed by atoms with Gasteiger partial charge in [0.15, 0.2) is 5.16 Å². The van der Waals surface area contributed by atoms with Crippen molar-refractivity contribution in [3.63, 3.8) is 0 Å². The average molecular weight is 256 g/mol. The van der Waals surface area contributed by atoms with Gasteiger partial charge in [-0.3, -0.25) is 0 Å². The first-order valence-corrected chi connectivity index (χ1v) is 6.81. The van der Waals surface area contributed by atoms with Gasteiger partial charge in [0.25, 0.3) is 0 Å². The maximum Gasteiger partial charge on any atom is 0.321 e. The molecular formula is C11H20N4OS. The normalized spacial score (nSPS) is 10.6. The Morgan fingerprint density at radius 3 is 2.65 bits per heavy atom. The van der Waals surface area contributed by atoms with Gasteiger partial charge in [0.05, 0.1) is 7.11 Å². The number of nitrogens with zero attached hydrogens (tertiary/aromatic N) is 3. The molecule has 0 amide bonds. The predicted octanol–water partition coefficient (Wildman–Crippen LogP) is 2.45. The molecule has 1 rings (SSSR count). The first-order chi connectivity index (χ1) is 8.15. The molecular weight excluding hydrogens is 236 g/mol. The van der Waals surface area contributed by atoms with Crippen molar-refractivity contribution in [2.75, 3.05) is 24.7 Å². The number of anilines is 1. The number of methoxy groups -OCH3 is 1. The molecule has 0 atom stereocenters. The van der Waals surface area contributed by atoms with Gasteiger partial charge in [0, 0.05) is 12.3 Å². The number of aromatic nitrogens is 3.